The number of carbonyl (C=O) groups excluding carboxylic acids is 2. The van der Waals surface area contributed by atoms with Gasteiger partial charge >= 0.3 is 0 Å². The Morgan fingerprint density at radius 1 is 1.22 bits per heavy atom. The molecule has 1 aromatic rings. The van der Waals surface area contributed by atoms with Gasteiger partial charge in [-0.05, 0) is 23.6 Å². The van der Waals surface area contributed by atoms with E-state index in [2.05, 4.69) is 28.1 Å². The summed E-state index contributed by atoms with van der Waals surface area (Å²) in [6.07, 6.45) is 0. The highest BCUT2D eigenvalue weighted by atomic mass is 35.5. The smallest absolute Gasteiger partial charge is 0.242 e. The molecule has 0 spiro atoms. The standard InChI is InChI=1S/C17H25N3O2.ClH/c1-11(20-16(22)17(2,3)4)15(21)19-8-12-5-6-13-9-18-10-14(13)7-12;/h5-7,11,18H,8-10H2,1-4H3,(H,19,21)(H,20,22);1H. The molecule has 2 amide bonds. The second kappa shape index (κ2) is 7.79. The molecule has 0 saturated heterocycles. The number of rotatable bonds is 4. The third kappa shape index (κ3) is 5.22. The van der Waals surface area contributed by atoms with Crippen LogP contribution in [0.1, 0.15) is 44.4 Å². The van der Waals surface area contributed by atoms with Crippen molar-refractivity contribution in [2.75, 3.05) is 0 Å². The van der Waals surface area contributed by atoms with Gasteiger partial charge in [0.05, 0.1) is 0 Å². The largest absolute Gasteiger partial charge is 0.350 e. The molecule has 0 saturated carbocycles. The van der Waals surface area contributed by atoms with Crippen molar-refractivity contribution in [3.63, 3.8) is 0 Å². The Bertz CT molecular complexity index is 582. The minimum absolute atomic E-state index is 0. The molecule has 0 radical (unpaired) electrons. The SMILES string of the molecule is CC(NC(=O)C(C)(C)C)C(=O)NCc1ccc2c(c1)CNC2.Cl. The molecule has 23 heavy (non-hydrogen) atoms. The fraction of sp³-hybridized carbons (Fsp3) is 0.529. The molecule has 1 aromatic carbocycles. The van der Waals surface area contributed by atoms with Crippen LogP contribution in [0.5, 0.6) is 0 Å². The van der Waals surface area contributed by atoms with E-state index in [1.807, 2.05) is 26.8 Å². The Labute approximate surface area is 144 Å². The van der Waals surface area contributed by atoms with E-state index in [1.165, 1.54) is 11.1 Å². The Balaban J connectivity index is 0.00000264. The topological polar surface area (TPSA) is 70.2 Å². The second-order valence-corrected chi connectivity index (χ2v) is 6.87. The first kappa shape index (κ1) is 19.5. The molecule has 2 rings (SSSR count). The Morgan fingerprint density at radius 2 is 1.87 bits per heavy atom. The van der Waals surface area contributed by atoms with Gasteiger partial charge in [-0.1, -0.05) is 39.0 Å². The molecule has 0 aromatic heterocycles. The first-order valence-electron chi connectivity index (χ1n) is 7.67. The lowest BCUT2D eigenvalue weighted by atomic mass is 9.95. The number of fused-ring (bicyclic) bond motifs is 1. The lowest BCUT2D eigenvalue weighted by Gasteiger charge is -2.21. The van der Waals surface area contributed by atoms with Crippen LogP contribution >= 0.6 is 12.4 Å². The van der Waals surface area contributed by atoms with Crippen molar-refractivity contribution < 1.29 is 9.59 Å². The molecule has 5 nitrogen and oxygen atoms in total. The van der Waals surface area contributed by atoms with Crippen molar-refractivity contribution in [3.8, 4) is 0 Å². The molecule has 128 valence electrons. The Morgan fingerprint density at radius 3 is 2.52 bits per heavy atom. The summed E-state index contributed by atoms with van der Waals surface area (Å²) in [6.45, 7) is 9.45. The van der Waals surface area contributed by atoms with Crippen molar-refractivity contribution >= 4 is 24.2 Å². The fourth-order valence-electron chi connectivity index (χ4n) is 2.28. The number of hydrogen-bond acceptors (Lipinski definition) is 3. The van der Waals surface area contributed by atoms with Gasteiger partial charge < -0.3 is 16.0 Å². The molecule has 6 heteroatoms. The van der Waals surface area contributed by atoms with Crippen LogP contribution < -0.4 is 16.0 Å². The molecule has 3 N–H and O–H groups in total. The van der Waals surface area contributed by atoms with Gasteiger partial charge in [0.15, 0.2) is 0 Å². The summed E-state index contributed by atoms with van der Waals surface area (Å²) >= 11 is 0. The predicted molar refractivity (Wildman–Crippen MR) is 93.1 cm³/mol. The maximum atomic E-state index is 12.1. The minimum Gasteiger partial charge on any atom is -0.350 e. The van der Waals surface area contributed by atoms with Crippen molar-refractivity contribution in [2.24, 2.45) is 5.41 Å². The normalized spacial score (nSPS) is 14.4. The van der Waals surface area contributed by atoms with E-state index >= 15 is 0 Å². The summed E-state index contributed by atoms with van der Waals surface area (Å²) in [5, 5.41) is 8.91. The third-order valence-electron chi connectivity index (χ3n) is 3.79. The number of amides is 2. The summed E-state index contributed by atoms with van der Waals surface area (Å²) < 4.78 is 0. The highest BCUT2D eigenvalue weighted by Crippen LogP contribution is 2.17. The third-order valence-corrected chi connectivity index (χ3v) is 3.79. The molecule has 1 unspecified atom stereocenters. The van der Waals surface area contributed by atoms with Gasteiger partial charge in [0.25, 0.3) is 0 Å². The van der Waals surface area contributed by atoms with Gasteiger partial charge in [0.2, 0.25) is 11.8 Å². The highest BCUT2D eigenvalue weighted by molar-refractivity contribution is 5.89. The van der Waals surface area contributed by atoms with Gasteiger partial charge in [-0.25, -0.2) is 0 Å². The van der Waals surface area contributed by atoms with Crippen LogP contribution in [0.2, 0.25) is 0 Å². The summed E-state index contributed by atoms with van der Waals surface area (Å²) in [4.78, 5) is 24.0. The Hall–Kier alpha value is -1.59. The number of hydrogen-bond donors (Lipinski definition) is 3. The summed E-state index contributed by atoms with van der Waals surface area (Å²) in [5.74, 6) is -0.296. The number of carbonyl (C=O) groups is 2. The summed E-state index contributed by atoms with van der Waals surface area (Å²) in [7, 11) is 0. The van der Waals surface area contributed by atoms with Crippen molar-refractivity contribution in [1.29, 1.82) is 0 Å². The number of nitrogens with one attached hydrogen (secondary N) is 3. The van der Waals surface area contributed by atoms with Crippen LogP contribution in [0.4, 0.5) is 0 Å². The van der Waals surface area contributed by atoms with E-state index in [0.717, 1.165) is 18.7 Å². The van der Waals surface area contributed by atoms with Gasteiger partial charge in [-0.2, -0.15) is 0 Å². The molecule has 0 bridgehead atoms. The van der Waals surface area contributed by atoms with Crippen LogP contribution in [0.15, 0.2) is 18.2 Å². The van der Waals surface area contributed by atoms with Gasteiger partial charge in [0.1, 0.15) is 6.04 Å². The van der Waals surface area contributed by atoms with Gasteiger partial charge in [-0.15, -0.1) is 12.4 Å². The maximum absolute atomic E-state index is 12.1. The average Bonchev–Trinajstić information content (AvgIpc) is 2.90. The number of benzene rings is 1. The molecule has 0 fully saturated rings. The lowest BCUT2D eigenvalue weighted by molar-refractivity contribution is -0.133. The fourth-order valence-corrected chi connectivity index (χ4v) is 2.28. The van der Waals surface area contributed by atoms with Gasteiger partial charge in [-0.3, -0.25) is 9.59 Å². The van der Waals surface area contributed by atoms with E-state index in [0.29, 0.717) is 6.54 Å². The predicted octanol–water partition coefficient (Wildman–Crippen LogP) is 1.88. The minimum atomic E-state index is -0.539. The van der Waals surface area contributed by atoms with E-state index in [-0.39, 0.29) is 24.2 Å². The van der Waals surface area contributed by atoms with Crippen molar-refractivity contribution in [3.05, 3.63) is 34.9 Å². The van der Waals surface area contributed by atoms with Crippen LogP contribution in [0.25, 0.3) is 0 Å². The van der Waals surface area contributed by atoms with E-state index in [4.69, 9.17) is 0 Å². The van der Waals surface area contributed by atoms with Gasteiger partial charge in [0, 0.05) is 25.0 Å². The van der Waals surface area contributed by atoms with Crippen LogP contribution in [0.3, 0.4) is 0 Å². The first-order chi connectivity index (χ1) is 10.3. The summed E-state index contributed by atoms with van der Waals surface area (Å²) in [5.41, 5.74) is 3.19. The zero-order chi connectivity index (χ0) is 16.3. The van der Waals surface area contributed by atoms with Crippen LogP contribution in [-0.2, 0) is 29.2 Å². The maximum Gasteiger partial charge on any atom is 0.242 e. The van der Waals surface area contributed by atoms with Crippen LogP contribution in [0, 0.1) is 5.41 Å². The molecule has 1 atom stereocenters. The zero-order valence-corrected chi connectivity index (χ0v) is 15.0. The van der Waals surface area contributed by atoms with E-state index in [9.17, 15) is 9.59 Å². The first-order valence-corrected chi connectivity index (χ1v) is 7.67. The Kier molecular flexibility index (Phi) is 6.59. The highest BCUT2D eigenvalue weighted by Gasteiger charge is 2.24. The molecule has 1 heterocycles. The van der Waals surface area contributed by atoms with Crippen LogP contribution in [-0.4, -0.2) is 17.9 Å². The van der Waals surface area contributed by atoms with E-state index in [1.54, 1.807) is 6.92 Å². The average molecular weight is 340 g/mol. The van der Waals surface area contributed by atoms with Crippen molar-refractivity contribution in [2.45, 2.75) is 53.4 Å². The quantitative estimate of drug-likeness (QED) is 0.784. The molecule has 0 aliphatic carbocycles. The van der Waals surface area contributed by atoms with Crippen molar-refractivity contribution in [1.82, 2.24) is 16.0 Å². The van der Waals surface area contributed by atoms with E-state index < -0.39 is 11.5 Å². The lowest BCUT2D eigenvalue weighted by Crippen LogP contribution is -2.48. The summed E-state index contributed by atoms with van der Waals surface area (Å²) in [6, 6.07) is 5.71. The molecular formula is C17H26ClN3O2. The molecule has 1 aliphatic heterocycles. The molecule has 1 aliphatic rings. The zero-order valence-electron chi connectivity index (χ0n) is 14.2. The second-order valence-electron chi connectivity index (χ2n) is 6.87. The molecular weight excluding hydrogens is 314 g/mol. The monoisotopic (exact) mass is 339 g/mol. The number of halogens is 1.